The summed E-state index contributed by atoms with van der Waals surface area (Å²) in [7, 11) is 0. The molecular formula is C24H26N4O. The highest BCUT2D eigenvalue weighted by Crippen LogP contribution is 2.36. The monoisotopic (exact) mass is 386 g/mol. The fourth-order valence-electron chi connectivity index (χ4n) is 4.12. The van der Waals surface area contributed by atoms with E-state index in [1.165, 1.54) is 11.3 Å². The van der Waals surface area contributed by atoms with E-state index in [4.69, 9.17) is 0 Å². The molecule has 0 saturated heterocycles. The van der Waals surface area contributed by atoms with Crippen LogP contribution in [0.15, 0.2) is 79.1 Å². The van der Waals surface area contributed by atoms with Gasteiger partial charge in [0.05, 0.1) is 17.9 Å². The predicted octanol–water partition coefficient (Wildman–Crippen LogP) is 5.09. The maximum Gasteiger partial charge on any atom is 0.322 e. The van der Waals surface area contributed by atoms with Crippen LogP contribution in [0.4, 0.5) is 16.2 Å². The molecule has 5 nitrogen and oxygen atoms in total. The molecule has 2 heterocycles. The molecule has 4 rings (SSSR count). The van der Waals surface area contributed by atoms with Crippen molar-refractivity contribution in [2.75, 3.05) is 16.8 Å². The van der Waals surface area contributed by atoms with Gasteiger partial charge in [0.2, 0.25) is 0 Å². The van der Waals surface area contributed by atoms with Gasteiger partial charge in [-0.15, -0.1) is 0 Å². The summed E-state index contributed by atoms with van der Waals surface area (Å²) in [5.74, 6) is 0. The lowest BCUT2D eigenvalue weighted by molar-refractivity contribution is 0.172. The van der Waals surface area contributed by atoms with Crippen LogP contribution in [-0.4, -0.2) is 28.5 Å². The third-order valence-electron chi connectivity index (χ3n) is 5.47. The number of fused-ring (bicyclic) bond motifs is 1. The molecule has 2 amide bonds. The zero-order valence-corrected chi connectivity index (χ0v) is 16.8. The second-order valence-electron chi connectivity index (χ2n) is 7.53. The van der Waals surface area contributed by atoms with Crippen molar-refractivity contribution in [2.24, 2.45) is 0 Å². The van der Waals surface area contributed by atoms with Crippen molar-refractivity contribution < 1.29 is 4.79 Å². The van der Waals surface area contributed by atoms with Gasteiger partial charge in [0.1, 0.15) is 0 Å². The smallest absolute Gasteiger partial charge is 0.322 e. The first-order chi connectivity index (χ1) is 14.1. The zero-order chi connectivity index (χ0) is 20.2. The molecule has 1 aliphatic rings. The van der Waals surface area contributed by atoms with Gasteiger partial charge in [-0.25, -0.2) is 4.79 Å². The number of nitrogens with zero attached hydrogens (tertiary/aromatic N) is 3. The average molecular weight is 386 g/mol. The van der Waals surface area contributed by atoms with E-state index in [0.29, 0.717) is 5.69 Å². The minimum absolute atomic E-state index is 0.0396. The standard InChI is InChI=1S/C24H26N4O/c1-18-16-27(17-20-9-4-3-5-10-20)23-13-7-6-12-22(23)19(2)28(18)24(29)26-21-11-8-14-25-15-21/h3-15,18-19H,16-17H2,1-2H3,(H,26,29)/t18-,19+/m1/s1. The topological polar surface area (TPSA) is 48.5 Å². The number of carbonyl (C=O) groups excluding carboxylic acids is 1. The van der Waals surface area contributed by atoms with Crippen LogP contribution in [0.3, 0.4) is 0 Å². The summed E-state index contributed by atoms with van der Waals surface area (Å²) in [6.45, 7) is 5.79. The van der Waals surface area contributed by atoms with Crippen LogP contribution in [0, 0.1) is 0 Å². The van der Waals surface area contributed by atoms with Gasteiger partial charge < -0.3 is 15.1 Å². The normalized spacial score (nSPS) is 18.7. The number of benzene rings is 2. The summed E-state index contributed by atoms with van der Waals surface area (Å²) in [6, 6.07) is 22.4. The van der Waals surface area contributed by atoms with E-state index in [9.17, 15) is 4.79 Å². The first-order valence-electron chi connectivity index (χ1n) is 10.0. The SMILES string of the molecule is C[C@@H]1CN(Cc2ccccc2)c2ccccc2[C@H](C)N1C(=O)Nc1cccnc1. The maximum absolute atomic E-state index is 13.2. The van der Waals surface area contributed by atoms with Crippen LogP contribution in [0.1, 0.15) is 31.0 Å². The van der Waals surface area contributed by atoms with Gasteiger partial charge in [0.25, 0.3) is 0 Å². The number of nitrogens with one attached hydrogen (secondary N) is 1. The summed E-state index contributed by atoms with van der Waals surface area (Å²) in [4.78, 5) is 21.6. The summed E-state index contributed by atoms with van der Waals surface area (Å²) < 4.78 is 0. The molecule has 0 fully saturated rings. The van der Waals surface area contributed by atoms with Gasteiger partial charge in [0, 0.05) is 31.0 Å². The van der Waals surface area contributed by atoms with E-state index in [2.05, 4.69) is 71.5 Å². The van der Waals surface area contributed by atoms with Crippen molar-refractivity contribution in [2.45, 2.75) is 32.5 Å². The van der Waals surface area contributed by atoms with E-state index in [0.717, 1.165) is 18.7 Å². The molecule has 0 aliphatic carbocycles. The third-order valence-corrected chi connectivity index (χ3v) is 5.47. The Hall–Kier alpha value is -3.34. The number of pyridine rings is 1. The number of anilines is 2. The molecule has 148 valence electrons. The van der Waals surface area contributed by atoms with Crippen molar-refractivity contribution in [3.63, 3.8) is 0 Å². The van der Waals surface area contributed by atoms with Gasteiger partial charge >= 0.3 is 6.03 Å². The zero-order valence-electron chi connectivity index (χ0n) is 16.8. The predicted molar refractivity (Wildman–Crippen MR) is 117 cm³/mol. The lowest BCUT2D eigenvalue weighted by atomic mass is 10.0. The molecule has 5 heteroatoms. The number of hydrogen-bond donors (Lipinski definition) is 1. The second kappa shape index (κ2) is 8.35. The Morgan fingerprint density at radius 3 is 2.55 bits per heavy atom. The van der Waals surface area contributed by atoms with E-state index < -0.39 is 0 Å². The van der Waals surface area contributed by atoms with Crippen LogP contribution in [0.5, 0.6) is 0 Å². The summed E-state index contributed by atoms with van der Waals surface area (Å²) in [5, 5.41) is 3.00. The van der Waals surface area contributed by atoms with Crippen molar-refractivity contribution in [3.05, 3.63) is 90.3 Å². The van der Waals surface area contributed by atoms with Crippen LogP contribution in [0.25, 0.3) is 0 Å². The van der Waals surface area contributed by atoms with Gasteiger partial charge in [0.15, 0.2) is 0 Å². The van der Waals surface area contributed by atoms with E-state index in [-0.39, 0.29) is 18.1 Å². The molecule has 1 aliphatic heterocycles. The Morgan fingerprint density at radius 1 is 1.03 bits per heavy atom. The molecule has 3 aromatic rings. The second-order valence-corrected chi connectivity index (χ2v) is 7.53. The number of aromatic nitrogens is 1. The fourth-order valence-corrected chi connectivity index (χ4v) is 4.12. The highest BCUT2D eigenvalue weighted by molar-refractivity contribution is 5.90. The number of carbonyl (C=O) groups is 1. The molecule has 29 heavy (non-hydrogen) atoms. The van der Waals surface area contributed by atoms with Crippen LogP contribution in [-0.2, 0) is 6.54 Å². The highest BCUT2D eigenvalue weighted by atomic mass is 16.2. The van der Waals surface area contributed by atoms with E-state index in [1.807, 2.05) is 29.2 Å². The lowest BCUT2D eigenvalue weighted by Crippen LogP contribution is -2.46. The number of amides is 2. The van der Waals surface area contributed by atoms with Crippen molar-refractivity contribution in [3.8, 4) is 0 Å². The van der Waals surface area contributed by atoms with Crippen molar-refractivity contribution in [1.29, 1.82) is 0 Å². The van der Waals surface area contributed by atoms with Gasteiger partial charge in [-0.2, -0.15) is 0 Å². The number of rotatable bonds is 3. The van der Waals surface area contributed by atoms with Crippen molar-refractivity contribution in [1.82, 2.24) is 9.88 Å². The Balaban J connectivity index is 1.64. The first-order valence-corrected chi connectivity index (χ1v) is 10.0. The molecule has 1 N–H and O–H groups in total. The van der Waals surface area contributed by atoms with Crippen LogP contribution >= 0.6 is 0 Å². The minimum Gasteiger partial charge on any atom is -0.365 e. The van der Waals surface area contributed by atoms with Crippen LogP contribution in [0.2, 0.25) is 0 Å². The number of para-hydroxylation sites is 1. The van der Waals surface area contributed by atoms with Crippen molar-refractivity contribution >= 4 is 17.4 Å². The van der Waals surface area contributed by atoms with Crippen LogP contribution < -0.4 is 10.2 Å². The Kier molecular flexibility index (Phi) is 5.47. The summed E-state index contributed by atoms with van der Waals surface area (Å²) in [5.41, 5.74) is 4.31. The molecule has 0 saturated carbocycles. The number of hydrogen-bond acceptors (Lipinski definition) is 3. The van der Waals surface area contributed by atoms with Gasteiger partial charge in [-0.1, -0.05) is 48.5 Å². The first kappa shape index (κ1) is 19.0. The lowest BCUT2D eigenvalue weighted by Gasteiger charge is -2.33. The fraction of sp³-hybridized carbons (Fsp3) is 0.250. The molecule has 2 atom stereocenters. The summed E-state index contributed by atoms with van der Waals surface area (Å²) >= 11 is 0. The Bertz CT molecular complexity index is 961. The molecule has 0 spiro atoms. The van der Waals surface area contributed by atoms with Gasteiger partial charge in [-0.3, -0.25) is 4.98 Å². The largest absolute Gasteiger partial charge is 0.365 e. The Morgan fingerprint density at radius 2 is 1.79 bits per heavy atom. The maximum atomic E-state index is 13.2. The Labute approximate surface area is 172 Å². The molecule has 1 aromatic heterocycles. The number of urea groups is 1. The minimum atomic E-state index is -0.102. The summed E-state index contributed by atoms with van der Waals surface area (Å²) in [6.07, 6.45) is 3.37. The third kappa shape index (κ3) is 4.09. The molecule has 0 unspecified atom stereocenters. The quantitative estimate of drug-likeness (QED) is 0.682. The molecule has 2 aromatic carbocycles. The molecule has 0 bridgehead atoms. The average Bonchev–Trinajstić information content (AvgIpc) is 2.84. The van der Waals surface area contributed by atoms with E-state index in [1.54, 1.807) is 12.4 Å². The molecule has 0 radical (unpaired) electrons. The van der Waals surface area contributed by atoms with Gasteiger partial charge in [-0.05, 0) is 43.2 Å². The van der Waals surface area contributed by atoms with E-state index >= 15 is 0 Å². The highest BCUT2D eigenvalue weighted by Gasteiger charge is 2.33. The molecular weight excluding hydrogens is 360 g/mol.